The van der Waals surface area contributed by atoms with E-state index in [0.717, 1.165) is 35.6 Å². The lowest BCUT2D eigenvalue weighted by molar-refractivity contribution is -0.164. The van der Waals surface area contributed by atoms with Crippen LogP contribution < -0.4 is 0 Å². The molecular weight excluding hydrogens is 544 g/mol. The van der Waals surface area contributed by atoms with Gasteiger partial charge >= 0.3 is 0 Å². The third kappa shape index (κ3) is 4.02. The van der Waals surface area contributed by atoms with E-state index in [9.17, 15) is 34.8 Å². The van der Waals surface area contributed by atoms with Crippen LogP contribution in [0.5, 0.6) is 5.75 Å². The van der Waals surface area contributed by atoms with Crippen LogP contribution in [0.4, 0.5) is 0 Å². The van der Waals surface area contributed by atoms with Crippen molar-refractivity contribution in [2.24, 2.45) is 10.8 Å². The molecule has 0 bridgehead atoms. The number of carbonyl (C=O) groups excluding carboxylic acids is 3. The number of allylic oxidation sites excluding steroid dienone is 6. The maximum atomic E-state index is 14.1. The largest absolute Gasteiger partial charge is 0.508 e. The molecule has 1 saturated carbocycles. The van der Waals surface area contributed by atoms with E-state index in [2.05, 4.69) is 18.7 Å². The van der Waals surface area contributed by atoms with E-state index in [-0.39, 0.29) is 36.1 Å². The number of phenols is 1. The lowest BCUT2D eigenvalue weighted by Crippen LogP contribution is -2.65. The van der Waals surface area contributed by atoms with Crippen LogP contribution in [0, 0.1) is 10.8 Å². The van der Waals surface area contributed by atoms with E-state index in [1.165, 1.54) is 11.6 Å². The summed E-state index contributed by atoms with van der Waals surface area (Å²) in [7, 11) is 0. The molecule has 3 atom stereocenters. The first-order chi connectivity index (χ1) is 20.2. The Bertz CT molecular complexity index is 1780. The van der Waals surface area contributed by atoms with Gasteiger partial charge < -0.3 is 20.4 Å². The van der Waals surface area contributed by atoms with Crippen LogP contribution in [0.1, 0.15) is 56.7 Å². The van der Waals surface area contributed by atoms with Gasteiger partial charge in [0, 0.05) is 22.8 Å². The van der Waals surface area contributed by atoms with Gasteiger partial charge in [0.1, 0.15) is 22.8 Å². The number of phenolic OH excluding ortho intramolecular Hbond substituents is 1. The van der Waals surface area contributed by atoms with E-state index >= 15 is 0 Å². The maximum absolute atomic E-state index is 14.1. The number of hydrogen-bond acceptors (Lipinski definition) is 7. The molecule has 6 rings (SSSR count). The van der Waals surface area contributed by atoms with Crippen LogP contribution in [0.25, 0.3) is 16.9 Å². The Morgan fingerprint density at radius 2 is 1.70 bits per heavy atom. The number of hydrogen-bond donors (Lipinski definition) is 4. The Hall–Kier alpha value is -4.49. The second-order valence-corrected chi connectivity index (χ2v) is 12.9. The molecule has 0 aromatic heterocycles. The summed E-state index contributed by atoms with van der Waals surface area (Å²) in [4.78, 5) is 39.3. The van der Waals surface area contributed by atoms with Gasteiger partial charge in [-0.3, -0.25) is 14.4 Å². The summed E-state index contributed by atoms with van der Waals surface area (Å²) >= 11 is 0. The number of ketones is 3. The van der Waals surface area contributed by atoms with Crippen LogP contribution in [-0.4, -0.2) is 43.4 Å². The molecule has 7 nitrogen and oxygen atoms in total. The fourth-order valence-electron chi connectivity index (χ4n) is 7.79. The molecule has 4 aliphatic rings. The van der Waals surface area contributed by atoms with E-state index in [1.807, 2.05) is 30.3 Å². The smallest absolute Gasteiger partial charge is 0.203 e. The molecule has 0 amide bonds. The van der Waals surface area contributed by atoms with Crippen LogP contribution in [0.15, 0.2) is 89.3 Å². The number of aromatic hydroxyl groups is 1. The zero-order valence-corrected chi connectivity index (χ0v) is 24.5. The summed E-state index contributed by atoms with van der Waals surface area (Å²) in [5.41, 5.74) is -0.0854. The first-order valence-electron chi connectivity index (χ1n) is 14.4. The molecule has 0 heterocycles. The van der Waals surface area contributed by atoms with E-state index < -0.39 is 50.9 Å². The van der Waals surface area contributed by atoms with Crippen molar-refractivity contribution in [1.82, 2.24) is 0 Å². The van der Waals surface area contributed by atoms with E-state index in [1.54, 1.807) is 19.9 Å². The molecule has 220 valence electrons. The van der Waals surface area contributed by atoms with Crippen molar-refractivity contribution in [2.75, 3.05) is 0 Å². The summed E-state index contributed by atoms with van der Waals surface area (Å²) in [6, 6.07) is 11.2. The minimum Gasteiger partial charge on any atom is -0.508 e. The quantitative estimate of drug-likeness (QED) is 0.322. The standard InChI is InChI=1S/C36H34O7/c1-19(22-7-5-6-8-22)15-21-9-11-23(12-10-21)24-13-14-26(38)29-25(24)16-34(3)18-35(4)17-27(39)28(20(2)37)32(41)36(35,43)33(42)30(34)31(29)40/h5-7,9-14,38,40-41,43H,1,8,15-18H2,2-4H3/t34-,35+,36+/m0/s1. The molecular formula is C36H34O7. The highest BCUT2D eigenvalue weighted by Crippen LogP contribution is 2.63. The second-order valence-electron chi connectivity index (χ2n) is 12.9. The van der Waals surface area contributed by atoms with Crippen molar-refractivity contribution < 1.29 is 34.8 Å². The molecule has 0 radical (unpaired) electrons. The van der Waals surface area contributed by atoms with Crippen LogP contribution >= 0.6 is 0 Å². The number of aliphatic hydroxyl groups excluding tert-OH is 2. The Balaban J connectivity index is 1.44. The molecule has 4 N–H and O–H groups in total. The highest BCUT2D eigenvalue weighted by Gasteiger charge is 2.68. The highest BCUT2D eigenvalue weighted by atomic mass is 16.3. The van der Waals surface area contributed by atoms with E-state index in [4.69, 9.17) is 0 Å². The minimum atomic E-state index is -2.58. The first-order valence-corrected chi connectivity index (χ1v) is 14.4. The summed E-state index contributed by atoms with van der Waals surface area (Å²) in [6.07, 6.45) is 7.76. The molecule has 2 aromatic rings. The third-order valence-electron chi connectivity index (χ3n) is 9.81. The average molecular weight is 579 g/mol. The van der Waals surface area contributed by atoms with Crippen molar-refractivity contribution in [1.29, 1.82) is 0 Å². The molecule has 1 fully saturated rings. The molecule has 43 heavy (non-hydrogen) atoms. The van der Waals surface area contributed by atoms with E-state index in [0.29, 0.717) is 12.0 Å². The Morgan fingerprint density at radius 3 is 2.33 bits per heavy atom. The first kappa shape index (κ1) is 28.6. The second kappa shape index (κ2) is 9.51. The van der Waals surface area contributed by atoms with Gasteiger partial charge in [-0.05, 0) is 72.1 Å². The summed E-state index contributed by atoms with van der Waals surface area (Å²) in [5.74, 6) is -4.05. The molecule has 0 aliphatic heterocycles. The van der Waals surface area contributed by atoms with Gasteiger partial charge in [0.2, 0.25) is 5.78 Å². The SMILES string of the molecule is C=C(Cc1ccc(-c2ccc(O)c3c2C[C@@]2(C)C[C@@]4(C)CC(=O)C(C(C)=O)=C(O)[C@@]4(O)C(=O)C2=C3O)cc1)C1=CC=CC1. The normalized spacial score (nSPS) is 28.0. The lowest BCUT2D eigenvalue weighted by atomic mass is 9.47. The zero-order chi connectivity index (χ0) is 31.1. The van der Waals surface area contributed by atoms with Crippen LogP contribution in [0.2, 0.25) is 0 Å². The third-order valence-corrected chi connectivity index (χ3v) is 9.81. The summed E-state index contributed by atoms with van der Waals surface area (Å²) in [5, 5.41) is 45.4. The maximum Gasteiger partial charge on any atom is 0.203 e. The number of rotatable bonds is 5. The van der Waals surface area contributed by atoms with Gasteiger partial charge in [-0.1, -0.05) is 69.0 Å². The summed E-state index contributed by atoms with van der Waals surface area (Å²) < 4.78 is 0. The fourth-order valence-corrected chi connectivity index (χ4v) is 7.79. The monoisotopic (exact) mass is 578 g/mol. The zero-order valence-electron chi connectivity index (χ0n) is 24.5. The highest BCUT2D eigenvalue weighted by molar-refractivity contribution is 6.23. The van der Waals surface area contributed by atoms with Gasteiger partial charge in [0.05, 0.1) is 5.56 Å². The minimum absolute atomic E-state index is 0.0584. The number of benzene rings is 2. The topological polar surface area (TPSA) is 132 Å². The molecule has 0 saturated heterocycles. The number of aliphatic hydroxyl groups is 3. The molecule has 0 unspecified atom stereocenters. The van der Waals surface area contributed by atoms with Gasteiger partial charge in [-0.2, -0.15) is 0 Å². The van der Waals surface area contributed by atoms with Gasteiger partial charge in [0.25, 0.3) is 0 Å². The number of fused-ring (bicyclic) bond motifs is 3. The van der Waals surface area contributed by atoms with Gasteiger partial charge in [-0.25, -0.2) is 0 Å². The Labute approximate surface area is 249 Å². The Kier molecular flexibility index (Phi) is 6.33. The predicted octanol–water partition coefficient (Wildman–Crippen LogP) is 5.96. The molecule has 2 aromatic carbocycles. The van der Waals surface area contributed by atoms with Gasteiger partial charge in [0.15, 0.2) is 17.2 Å². The lowest BCUT2D eigenvalue weighted by Gasteiger charge is -2.56. The van der Waals surface area contributed by atoms with Crippen molar-refractivity contribution >= 4 is 23.1 Å². The van der Waals surface area contributed by atoms with Crippen molar-refractivity contribution in [3.05, 3.63) is 106 Å². The van der Waals surface area contributed by atoms with Crippen molar-refractivity contribution in [2.45, 2.75) is 58.5 Å². The predicted molar refractivity (Wildman–Crippen MR) is 162 cm³/mol. The van der Waals surface area contributed by atoms with Gasteiger partial charge in [-0.15, -0.1) is 0 Å². The molecule has 7 heteroatoms. The average Bonchev–Trinajstić information content (AvgIpc) is 3.46. The van der Waals surface area contributed by atoms with Crippen LogP contribution in [0.3, 0.4) is 0 Å². The number of Topliss-reactive ketones (excluding diaryl/α,β-unsaturated/α-hetero) is 3. The summed E-state index contributed by atoms with van der Waals surface area (Å²) in [6.45, 7) is 8.66. The van der Waals surface area contributed by atoms with Crippen molar-refractivity contribution in [3.8, 4) is 16.9 Å². The Morgan fingerprint density at radius 1 is 1.00 bits per heavy atom. The molecule has 0 spiro atoms. The van der Waals surface area contributed by atoms with Crippen molar-refractivity contribution in [3.63, 3.8) is 0 Å². The molecule has 4 aliphatic carbocycles. The fraction of sp³-hybridized carbons (Fsp3) is 0.306. The van der Waals surface area contributed by atoms with Crippen LogP contribution in [-0.2, 0) is 27.2 Å². The number of carbonyl (C=O) groups is 3.